The van der Waals surface area contributed by atoms with Crippen LogP contribution in [0, 0.1) is 11.7 Å². The third-order valence-corrected chi connectivity index (χ3v) is 3.58. The second kappa shape index (κ2) is 8.69. The number of halogens is 1. The van der Waals surface area contributed by atoms with Crippen LogP contribution < -0.4 is 11.1 Å². The first-order valence-electron chi connectivity index (χ1n) is 7.37. The van der Waals surface area contributed by atoms with E-state index in [1.807, 2.05) is 6.92 Å². The Morgan fingerprint density at radius 1 is 1.40 bits per heavy atom. The number of carbonyl (C=O) groups excluding carboxylic acids is 1. The topological polar surface area (TPSA) is 55.1 Å². The zero-order valence-corrected chi connectivity index (χ0v) is 12.4. The monoisotopic (exact) mass is 280 g/mol. The van der Waals surface area contributed by atoms with E-state index in [-0.39, 0.29) is 24.2 Å². The SMILES string of the molecule is CCCCC(CC)C(=O)NCc1ccc(CN)cc1F. The molecule has 1 aromatic carbocycles. The van der Waals surface area contributed by atoms with Crippen molar-refractivity contribution in [3.8, 4) is 0 Å². The summed E-state index contributed by atoms with van der Waals surface area (Å²) < 4.78 is 13.8. The predicted octanol–water partition coefficient (Wildman–Crippen LogP) is 3.12. The van der Waals surface area contributed by atoms with Gasteiger partial charge in [-0.1, -0.05) is 38.8 Å². The Hall–Kier alpha value is -1.42. The van der Waals surface area contributed by atoms with Gasteiger partial charge in [-0.2, -0.15) is 0 Å². The molecule has 1 amide bonds. The first-order valence-corrected chi connectivity index (χ1v) is 7.37. The number of nitrogens with one attached hydrogen (secondary N) is 1. The smallest absolute Gasteiger partial charge is 0.223 e. The van der Waals surface area contributed by atoms with Gasteiger partial charge in [-0.3, -0.25) is 4.79 Å². The molecule has 0 saturated heterocycles. The van der Waals surface area contributed by atoms with E-state index in [1.54, 1.807) is 12.1 Å². The van der Waals surface area contributed by atoms with E-state index in [1.165, 1.54) is 6.07 Å². The van der Waals surface area contributed by atoms with Gasteiger partial charge in [0.2, 0.25) is 5.91 Å². The van der Waals surface area contributed by atoms with Crippen molar-refractivity contribution in [3.63, 3.8) is 0 Å². The minimum absolute atomic E-state index is 0.0169. The van der Waals surface area contributed by atoms with Gasteiger partial charge in [-0.05, 0) is 24.5 Å². The van der Waals surface area contributed by atoms with Crippen molar-refractivity contribution in [3.05, 3.63) is 35.1 Å². The van der Waals surface area contributed by atoms with Crippen LogP contribution in [0.25, 0.3) is 0 Å². The van der Waals surface area contributed by atoms with Crippen LogP contribution in [-0.2, 0) is 17.9 Å². The van der Waals surface area contributed by atoms with Gasteiger partial charge in [-0.25, -0.2) is 4.39 Å². The van der Waals surface area contributed by atoms with Gasteiger partial charge in [0.05, 0.1) is 0 Å². The van der Waals surface area contributed by atoms with Crippen molar-refractivity contribution in [1.82, 2.24) is 5.32 Å². The standard InChI is InChI=1S/C16H25FN2O/c1-3-5-6-13(4-2)16(20)19-11-14-8-7-12(10-18)9-15(14)17/h7-9,13H,3-6,10-11,18H2,1-2H3,(H,19,20). The Labute approximate surface area is 120 Å². The second-order valence-electron chi connectivity index (χ2n) is 5.10. The van der Waals surface area contributed by atoms with Crippen molar-refractivity contribution in [1.29, 1.82) is 0 Å². The molecule has 112 valence electrons. The maximum atomic E-state index is 13.8. The number of benzene rings is 1. The highest BCUT2D eigenvalue weighted by Gasteiger charge is 2.15. The van der Waals surface area contributed by atoms with Crippen LogP contribution in [0.15, 0.2) is 18.2 Å². The summed E-state index contributed by atoms with van der Waals surface area (Å²) in [5.41, 5.74) is 6.72. The van der Waals surface area contributed by atoms with Crippen LogP contribution in [0.1, 0.15) is 50.7 Å². The molecule has 3 N–H and O–H groups in total. The summed E-state index contributed by atoms with van der Waals surface area (Å²) in [5, 5.41) is 2.83. The average molecular weight is 280 g/mol. The molecule has 0 aliphatic carbocycles. The number of rotatable bonds is 8. The van der Waals surface area contributed by atoms with Gasteiger partial charge in [0.1, 0.15) is 5.82 Å². The van der Waals surface area contributed by atoms with E-state index in [0.29, 0.717) is 12.1 Å². The largest absolute Gasteiger partial charge is 0.352 e. The quantitative estimate of drug-likeness (QED) is 0.768. The molecule has 0 aromatic heterocycles. The Morgan fingerprint density at radius 2 is 2.15 bits per heavy atom. The molecule has 1 unspecified atom stereocenters. The third kappa shape index (κ3) is 4.93. The first-order chi connectivity index (χ1) is 9.62. The Balaban J connectivity index is 2.55. The van der Waals surface area contributed by atoms with Crippen molar-refractivity contribution < 1.29 is 9.18 Å². The molecular formula is C16H25FN2O. The fourth-order valence-electron chi connectivity index (χ4n) is 2.16. The molecule has 0 radical (unpaired) electrons. The van der Waals surface area contributed by atoms with Crippen molar-refractivity contribution in [2.24, 2.45) is 11.7 Å². The van der Waals surface area contributed by atoms with Crippen LogP contribution in [0.3, 0.4) is 0 Å². The van der Waals surface area contributed by atoms with E-state index in [4.69, 9.17) is 5.73 Å². The lowest BCUT2D eigenvalue weighted by molar-refractivity contribution is -0.125. The zero-order chi connectivity index (χ0) is 15.0. The first kappa shape index (κ1) is 16.6. The summed E-state index contributed by atoms with van der Waals surface area (Å²) in [7, 11) is 0. The normalized spacial score (nSPS) is 12.2. The highest BCUT2D eigenvalue weighted by Crippen LogP contribution is 2.14. The Morgan fingerprint density at radius 3 is 2.70 bits per heavy atom. The summed E-state index contributed by atoms with van der Waals surface area (Å²) in [6, 6.07) is 4.90. The summed E-state index contributed by atoms with van der Waals surface area (Å²) in [4.78, 5) is 12.0. The zero-order valence-electron chi connectivity index (χ0n) is 12.4. The number of unbranched alkanes of at least 4 members (excludes halogenated alkanes) is 1. The van der Waals surface area contributed by atoms with Gasteiger partial charge in [0, 0.05) is 24.6 Å². The molecule has 0 heterocycles. The molecule has 20 heavy (non-hydrogen) atoms. The predicted molar refractivity (Wildman–Crippen MR) is 79.4 cm³/mol. The van der Waals surface area contributed by atoms with Gasteiger partial charge >= 0.3 is 0 Å². The molecule has 0 aliphatic heterocycles. The van der Waals surface area contributed by atoms with Crippen molar-refractivity contribution in [2.75, 3.05) is 0 Å². The lowest BCUT2D eigenvalue weighted by Crippen LogP contribution is -2.30. The average Bonchev–Trinajstić information content (AvgIpc) is 2.46. The Kier molecular flexibility index (Phi) is 7.23. The van der Waals surface area contributed by atoms with Crippen molar-refractivity contribution >= 4 is 5.91 Å². The summed E-state index contributed by atoms with van der Waals surface area (Å²) in [5.74, 6) is -0.264. The number of nitrogens with two attached hydrogens (primary N) is 1. The Bertz CT molecular complexity index is 434. The van der Waals surface area contributed by atoms with E-state index in [2.05, 4.69) is 12.2 Å². The van der Waals surface area contributed by atoms with Crippen LogP contribution in [0.2, 0.25) is 0 Å². The summed E-state index contributed by atoms with van der Waals surface area (Å²) in [6.45, 7) is 4.67. The summed E-state index contributed by atoms with van der Waals surface area (Å²) >= 11 is 0. The van der Waals surface area contributed by atoms with Crippen LogP contribution >= 0.6 is 0 Å². The van der Waals surface area contributed by atoms with E-state index in [0.717, 1.165) is 31.2 Å². The van der Waals surface area contributed by atoms with Crippen LogP contribution in [0.4, 0.5) is 4.39 Å². The lowest BCUT2D eigenvalue weighted by Gasteiger charge is -2.15. The molecule has 0 spiro atoms. The highest BCUT2D eigenvalue weighted by molar-refractivity contribution is 5.78. The highest BCUT2D eigenvalue weighted by atomic mass is 19.1. The fraction of sp³-hybridized carbons (Fsp3) is 0.562. The molecule has 0 aliphatic rings. The fourth-order valence-corrected chi connectivity index (χ4v) is 2.16. The molecule has 0 bridgehead atoms. The van der Waals surface area contributed by atoms with Crippen LogP contribution in [0.5, 0.6) is 0 Å². The summed E-state index contributed by atoms with van der Waals surface area (Å²) in [6.07, 6.45) is 3.85. The second-order valence-corrected chi connectivity index (χ2v) is 5.10. The number of hydrogen-bond donors (Lipinski definition) is 2. The van der Waals surface area contributed by atoms with E-state index in [9.17, 15) is 9.18 Å². The third-order valence-electron chi connectivity index (χ3n) is 3.58. The molecule has 1 aromatic rings. The molecular weight excluding hydrogens is 255 g/mol. The van der Waals surface area contributed by atoms with Gasteiger partial charge in [0.15, 0.2) is 0 Å². The minimum atomic E-state index is -0.310. The van der Waals surface area contributed by atoms with E-state index < -0.39 is 0 Å². The van der Waals surface area contributed by atoms with E-state index >= 15 is 0 Å². The van der Waals surface area contributed by atoms with Gasteiger partial charge in [-0.15, -0.1) is 0 Å². The molecule has 1 rings (SSSR count). The number of carbonyl (C=O) groups is 1. The number of amides is 1. The van der Waals surface area contributed by atoms with Crippen LogP contribution in [-0.4, -0.2) is 5.91 Å². The minimum Gasteiger partial charge on any atom is -0.352 e. The maximum absolute atomic E-state index is 13.8. The molecule has 3 nitrogen and oxygen atoms in total. The molecule has 0 fully saturated rings. The maximum Gasteiger partial charge on any atom is 0.223 e. The number of hydrogen-bond acceptors (Lipinski definition) is 2. The molecule has 4 heteroatoms. The lowest BCUT2D eigenvalue weighted by atomic mass is 9.98. The molecule has 0 saturated carbocycles. The van der Waals surface area contributed by atoms with Gasteiger partial charge in [0.25, 0.3) is 0 Å². The molecule has 1 atom stereocenters. The van der Waals surface area contributed by atoms with Crippen molar-refractivity contribution in [2.45, 2.75) is 52.6 Å². The van der Waals surface area contributed by atoms with Gasteiger partial charge < -0.3 is 11.1 Å².